The van der Waals surface area contributed by atoms with Crippen molar-refractivity contribution in [2.45, 2.75) is 13.8 Å². The lowest BCUT2D eigenvalue weighted by atomic mass is 10.2. The average Bonchev–Trinajstić information content (AvgIpc) is 2.28. The fraction of sp³-hybridized carbons (Fsp3) is 0.154. The van der Waals surface area contributed by atoms with Crippen LogP contribution in [0.25, 0.3) is 0 Å². The molecule has 0 saturated carbocycles. The SMILES string of the molecule is CC(=O)/C=C(/C)OC(=NC#N)c1ccccc1. The lowest BCUT2D eigenvalue weighted by Crippen LogP contribution is -2.06. The van der Waals surface area contributed by atoms with E-state index in [1.807, 2.05) is 18.2 Å². The summed E-state index contributed by atoms with van der Waals surface area (Å²) in [5.41, 5.74) is 0.686. The quantitative estimate of drug-likeness (QED) is 0.262. The number of hydrogen-bond donors (Lipinski definition) is 0. The van der Waals surface area contributed by atoms with Gasteiger partial charge in [0.1, 0.15) is 5.76 Å². The summed E-state index contributed by atoms with van der Waals surface area (Å²) in [5, 5.41) is 8.59. The van der Waals surface area contributed by atoms with Crippen molar-refractivity contribution in [3.8, 4) is 6.19 Å². The summed E-state index contributed by atoms with van der Waals surface area (Å²) in [6, 6.07) is 9.03. The molecule has 0 saturated heterocycles. The monoisotopic (exact) mass is 228 g/mol. The summed E-state index contributed by atoms with van der Waals surface area (Å²) in [6.07, 6.45) is 3.02. The average molecular weight is 228 g/mol. The van der Waals surface area contributed by atoms with Crippen LogP contribution < -0.4 is 0 Å². The predicted molar refractivity (Wildman–Crippen MR) is 64.1 cm³/mol. The van der Waals surface area contributed by atoms with E-state index in [2.05, 4.69) is 4.99 Å². The maximum absolute atomic E-state index is 10.9. The van der Waals surface area contributed by atoms with E-state index in [0.29, 0.717) is 11.3 Å². The first-order chi connectivity index (χ1) is 8.13. The molecular weight excluding hydrogens is 216 g/mol. The number of aliphatic imine (C=N–C) groups is 1. The maximum atomic E-state index is 10.9. The Labute approximate surface area is 99.9 Å². The van der Waals surface area contributed by atoms with Crippen LogP contribution in [0.4, 0.5) is 0 Å². The van der Waals surface area contributed by atoms with Crippen molar-refractivity contribution in [3.05, 3.63) is 47.7 Å². The minimum absolute atomic E-state index is 0.119. The Kier molecular flexibility index (Phi) is 4.64. The smallest absolute Gasteiger partial charge is 0.236 e. The standard InChI is InChI=1S/C13H12N2O2/c1-10(16)8-11(2)17-13(15-9-14)12-6-4-3-5-7-12/h3-8H,1-2H3/b11-8-,15-13?. The van der Waals surface area contributed by atoms with Crippen LogP contribution in [0.15, 0.2) is 47.2 Å². The van der Waals surface area contributed by atoms with Crippen molar-refractivity contribution in [2.75, 3.05) is 0 Å². The second-order valence-corrected chi connectivity index (χ2v) is 3.35. The van der Waals surface area contributed by atoms with Gasteiger partial charge in [0.05, 0.1) is 0 Å². The van der Waals surface area contributed by atoms with Crippen LogP contribution in [0, 0.1) is 11.5 Å². The molecule has 0 radical (unpaired) electrons. The minimum atomic E-state index is -0.119. The third-order valence-corrected chi connectivity index (χ3v) is 1.84. The molecule has 0 atom stereocenters. The van der Waals surface area contributed by atoms with Gasteiger partial charge in [-0.25, -0.2) is 0 Å². The first-order valence-electron chi connectivity index (χ1n) is 5.02. The Morgan fingerprint density at radius 2 is 2.00 bits per heavy atom. The van der Waals surface area contributed by atoms with E-state index >= 15 is 0 Å². The number of rotatable bonds is 3. The van der Waals surface area contributed by atoms with E-state index in [-0.39, 0.29) is 11.7 Å². The third kappa shape index (κ3) is 4.31. The Morgan fingerprint density at radius 3 is 2.53 bits per heavy atom. The van der Waals surface area contributed by atoms with Crippen molar-refractivity contribution in [1.82, 2.24) is 0 Å². The number of hydrogen-bond acceptors (Lipinski definition) is 4. The van der Waals surface area contributed by atoms with Gasteiger partial charge < -0.3 is 4.74 Å². The molecule has 0 unspecified atom stereocenters. The molecule has 0 aliphatic carbocycles. The van der Waals surface area contributed by atoms with Crippen molar-refractivity contribution >= 4 is 11.7 Å². The zero-order valence-electron chi connectivity index (χ0n) is 9.68. The molecule has 0 heterocycles. The van der Waals surface area contributed by atoms with Gasteiger partial charge in [-0.1, -0.05) is 18.2 Å². The first-order valence-corrected chi connectivity index (χ1v) is 5.02. The number of allylic oxidation sites excluding steroid dienone is 2. The molecule has 0 fully saturated rings. The lowest BCUT2D eigenvalue weighted by molar-refractivity contribution is -0.112. The second kappa shape index (κ2) is 6.23. The zero-order valence-corrected chi connectivity index (χ0v) is 9.68. The fourth-order valence-corrected chi connectivity index (χ4v) is 1.24. The van der Waals surface area contributed by atoms with Gasteiger partial charge in [0, 0.05) is 11.6 Å². The Hall–Kier alpha value is -2.41. The Balaban J connectivity index is 2.95. The van der Waals surface area contributed by atoms with Crippen LogP contribution in [0.1, 0.15) is 19.4 Å². The summed E-state index contributed by atoms with van der Waals surface area (Å²) in [4.78, 5) is 14.5. The summed E-state index contributed by atoms with van der Waals surface area (Å²) >= 11 is 0. The highest BCUT2D eigenvalue weighted by Crippen LogP contribution is 2.07. The van der Waals surface area contributed by atoms with Crippen molar-refractivity contribution in [3.63, 3.8) is 0 Å². The maximum Gasteiger partial charge on any atom is 0.236 e. The van der Waals surface area contributed by atoms with Crippen LogP contribution in [0.5, 0.6) is 0 Å². The van der Waals surface area contributed by atoms with Crippen LogP contribution in [0.3, 0.4) is 0 Å². The van der Waals surface area contributed by atoms with Gasteiger partial charge in [0.2, 0.25) is 12.1 Å². The third-order valence-electron chi connectivity index (χ3n) is 1.84. The highest BCUT2D eigenvalue weighted by molar-refractivity contribution is 5.96. The molecule has 17 heavy (non-hydrogen) atoms. The number of carbonyl (C=O) groups excluding carboxylic acids is 1. The van der Waals surface area contributed by atoms with Crippen molar-refractivity contribution in [2.24, 2.45) is 4.99 Å². The summed E-state index contributed by atoms with van der Waals surface area (Å²) < 4.78 is 5.36. The van der Waals surface area contributed by atoms with E-state index in [9.17, 15) is 4.79 Å². The van der Waals surface area contributed by atoms with Gasteiger partial charge in [-0.2, -0.15) is 5.26 Å². The number of nitriles is 1. The number of benzene rings is 1. The molecule has 4 nitrogen and oxygen atoms in total. The van der Waals surface area contributed by atoms with Crippen LogP contribution >= 0.6 is 0 Å². The molecule has 0 aromatic heterocycles. The summed E-state index contributed by atoms with van der Waals surface area (Å²) in [5.74, 6) is 0.463. The molecule has 1 rings (SSSR count). The number of ketones is 1. The molecule has 0 aliphatic rings. The van der Waals surface area contributed by atoms with Gasteiger partial charge in [0.25, 0.3) is 0 Å². The second-order valence-electron chi connectivity index (χ2n) is 3.35. The molecule has 1 aromatic rings. The van der Waals surface area contributed by atoms with E-state index in [4.69, 9.17) is 10.00 Å². The van der Waals surface area contributed by atoms with Crippen LogP contribution in [-0.2, 0) is 9.53 Å². The predicted octanol–water partition coefficient (Wildman–Crippen LogP) is 2.42. The minimum Gasteiger partial charge on any atom is -0.442 e. The number of carbonyl (C=O) groups is 1. The van der Waals surface area contributed by atoms with Crippen molar-refractivity contribution < 1.29 is 9.53 Å². The van der Waals surface area contributed by atoms with Gasteiger partial charge in [-0.3, -0.25) is 4.79 Å². The van der Waals surface area contributed by atoms with E-state index in [1.165, 1.54) is 13.0 Å². The van der Waals surface area contributed by atoms with Gasteiger partial charge in [0.15, 0.2) is 5.78 Å². The van der Waals surface area contributed by atoms with Crippen molar-refractivity contribution in [1.29, 1.82) is 5.26 Å². The van der Waals surface area contributed by atoms with Crippen LogP contribution in [-0.4, -0.2) is 11.7 Å². The van der Waals surface area contributed by atoms with Gasteiger partial charge >= 0.3 is 0 Å². The topological polar surface area (TPSA) is 62.4 Å². The summed E-state index contributed by atoms with van der Waals surface area (Å²) in [7, 11) is 0. The van der Waals surface area contributed by atoms with E-state index in [0.717, 1.165) is 0 Å². The lowest BCUT2D eigenvalue weighted by Gasteiger charge is -2.07. The number of ether oxygens (including phenoxy) is 1. The highest BCUT2D eigenvalue weighted by Gasteiger charge is 2.05. The highest BCUT2D eigenvalue weighted by atomic mass is 16.5. The number of nitrogens with zero attached hydrogens (tertiary/aromatic N) is 2. The zero-order chi connectivity index (χ0) is 12.7. The first kappa shape index (κ1) is 12.7. The molecule has 4 heteroatoms. The fourth-order valence-electron chi connectivity index (χ4n) is 1.24. The van der Waals surface area contributed by atoms with Gasteiger partial charge in [-0.05, 0) is 26.0 Å². The van der Waals surface area contributed by atoms with E-state index < -0.39 is 0 Å². The Morgan fingerprint density at radius 1 is 1.35 bits per heavy atom. The molecule has 0 amide bonds. The van der Waals surface area contributed by atoms with E-state index in [1.54, 1.807) is 25.2 Å². The molecule has 0 spiro atoms. The summed E-state index contributed by atoms with van der Waals surface area (Å²) in [6.45, 7) is 3.06. The molecule has 86 valence electrons. The molecule has 0 aliphatic heterocycles. The molecule has 0 N–H and O–H groups in total. The van der Waals surface area contributed by atoms with Gasteiger partial charge in [-0.15, -0.1) is 4.99 Å². The molecular formula is C13H12N2O2. The molecule has 1 aromatic carbocycles. The normalized spacial score (nSPS) is 11.8. The van der Waals surface area contributed by atoms with Crippen LogP contribution in [0.2, 0.25) is 0 Å². The Bertz CT molecular complexity index is 496. The molecule has 0 bridgehead atoms. The largest absolute Gasteiger partial charge is 0.442 e.